The van der Waals surface area contributed by atoms with Crippen LogP contribution in [-0.4, -0.2) is 12.7 Å². The quantitative estimate of drug-likeness (QED) is 0.311. The van der Waals surface area contributed by atoms with E-state index in [0.29, 0.717) is 0 Å². The van der Waals surface area contributed by atoms with E-state index in [1.54, 1.807) is 0 Å². The van der Waals surface area contributed by atoms with Crippen LogP contribution in [0.15, 0.2) is 91.0 Å². The minimum atomic E-state index is -1.64. The van der Waals surface area contributed by atoms with Crippen LogP contribution in [0.25, 0.3) is 0 Å². The van der Waals surface area contributed by atoms with E-state index < -0.39 is 7.26 Å². The van der Waals surface area contributed by atoms with Gasteiger partial charge in [0, 0.05) is 0 Å². The van der Waals surface area contributed by atoms with Crippen LogP contribution >= 0.6 is 7.26 Å². The second-order valence-electron chi connectivity index (χ2n) is 7.80. The summed E-state index contributed by atoms with van der Waals surface area (Å²) in [6.45, 7) is 0.832. The summed E-state index contributed by atoms with van der Waals surface area (Å²) in [7, 11) is -1.64. The van der Waals surface area contributed by atoms with Gasteiger partial charge in [-0.25, -0.2) is 0 Å². The van der Waals surface area contributed by atoms with E-state index in [-0.39, 0.29) is 17.0 Å². The molecule has 1 nitrogen and oxygen atoms in total. The Kier molecular flexibility index (Phi) is 11.4. The van der Waals surface area contributed by atoms with E-state index in [1.807, 2.05) is 0 Å². The smallest absolute Gasteiger partial charge is 0.112 e. The first kappa shape index (κ1) is 24.8. The summed E-state index contributed by atoms with van der Waals surface area (Å²) in [5, 5.41) is 4.50. The number of unbranched alkanes of at least 4 members (excludes halogenated alkanes) is 6. The van der Waals surface area contributed by atoms with Gasteiger partial charge in [-0.1, -0.05) is 80.3 Å². The van der Waals surface area contributed by atoms with Crippen molar-refractivity contribution in [3.63, 3.8) is 0 Å². The first-order valence-electron chi connectivity index (χ1n) is 11.1. The van der Waals surface area contributed by atoms with Crippen molar-refractivity contribution in [1.29, 1.82) is 0 Å². The van der Waals surface area contributed by atoms with Crippen molar-refractivity contribution in [3.05, 3.63) is 91.0 Å². The maximum atomic E-state index is 5.61. The normalized spacial score (nSPS) is 11.1. The van der Waals surface area contributed by atoms with Crippen molar-refractivity contribution >= 4 is 23.2 Å². The standard InChI is InChI=1S/C27H35NP.BrH/c28-23-15-4-2-1-3-5-16-24-29(25-17-9-6-10-18-25,26-19-11-7-12-20-26)27-21-13-8-14-22-27;/h6-14,17-22H,1-5,15-16,23-24,28H2;1H/q+1;/p-1. The van der Waals surface area contributed by atoms with E-state index >= 15 is 0 Å². The van der Waals surface area contributed by atoms with Crippen LogP contribution in [0.5, 0.6) is 0 Å². The van der Waals surface area contributed by atoms with Gasteiger partial charge in [0.15, 0.2) is 0 Å². The molecule has 0 aliphatic heterocycles. The maximum Gasteiger partial charge on any atom is 0.112 e. The van der Waals surface area contributed by atoms with E-state index in [0.717, 1.165) is 6.54 Å². The van der Waals surface area contributed by atoms with Crippen LogP contribution < -0.4 is 38.6 Å². The highest BCUT2D eigenvalue weighted by Gasteiger charge is 2.44. The summed E-state index contributed by atoms with van der Waals surface area (Å²) in [6.07, 6.45) is 10.3. The molecule has 0 saturated heterocycles. The fourth-order valence-electron chi connectivity index (χ4n) is 4.26. The Labute approximate surface area is 194 Å². The fourth-order valence-corrected chi connectivity index (χ4v) is 8.67. The lowest BCUT2D eigenvalue weighted by Gasteiger charge is -2.27. The second-order valence-corrected chi connectivity index (χ2v) is 11.4. The highest BCUT2D eigenvalue weighted by atomic mass is 79.9. The molecule has 0 aromatic heterocycles. The summed E-state index contributed by atoms with van der Waals surface area (Å²) < 4.78 is 0. The van der Waals surface area contributed by atoms with Crippen LogP contribution in [-0.2, 0) is 0 Å². The molecule has 0 unspecified atom stereocenters. The minimum absolute atomic E-state index is 0. The SMILES string of the molecule is NCCCCCCCCC[P+](c1ccccc1)(c1ccccc1)c1ccccc1.[Br-]. The number of benzene rings is 3. The molecule has 0 atom stereocenters. The number of halogens is 1. The first-order valence-corrected chi connectivity index (χ1v) is 13.1. The monoisotopic (exact) mass is 483 g/mol. The zero-order valence-electron chi connectivity index (χ0n) is 17.9. The summed E-state index contributed by atoms with van der Waals surface area (Å²) in [6, 6.07) is 33.7. The van der Waals surface area contributed by atoms with Crippen molar-refractivity contribution in [2.45, 2.75) is 44.9 Å². The zero-order valence-corrected chi connectivity index (χ0v) is 20.4. The van der Waals surface area contributed by atoms with Gasteiger partial charge in [-0.2, -0.15) is 0 Å². The minimum Gasteiger partial charge on any atom is -1.00 e. The van der Waals surface area contributed by atoms with Crippen molar-refractivity contribution in [1.82, 2.24) is 0 Å². The number of hydrogen-bond donors (Lipinski definition) is 1. The van der Waals surface area contributed by atoms with Gasteiger partial charge in [-0.3, -0.25) is 0 Å². The van der Waals surface area contributed by atoms with Gasteiger partial charge in [0.1, 0.15) is 23.2 Å². The second kappa shape index (κ2) is 13.8. The average molecular weight is 484 g/mol. The molecule has 0 spiro atoms. The third-order valence-corrected chi connectivity index (χ3v) is 10.3. The molecule has 3 aromatic rings. The zero-order chi connectivity index (χ0) is 20.2. The van der Waals surface area contributed by atoms with Gasteiger partial charge >= 0.3 is 0 Å². The van der Waals surface area contributed by atoms with Crippen molar-refractivity contribution in [2.24, 2.45) is 5.73 Å². The van der Waals surface area contributed by atoms with E-state index in [9.17, 15) is 0 Å². The lowest BCUT2D eigenvalue weighted by Crippen LogP contribution is -3.00. The molecule has 0 amide bonds. The van der Waals surface area contributed by atoms with Crippen LogP contribution in [0.1, 0.15) is 44.9 Å². The maximum absolute atomic E-state index is 5.61. The Hall–Kier alpha value is -1.47. The predicted octanol–water partition coefficient (Wildman–Crippen LogP) is 2.67. The van der Waals surface area contributed by atoms with Gasteiger partial charge < -0.3 is 22.7 Å². The Balaban J connectivity index is 0.00000320. The average Bonchev–Trinajstić information content (AvgIpc) is 2.80. The molecule has 0 bridgehead atoms. The number of hydrogen-bond acceptors (Lipinski definition) is 1. The fraction of sp³-hybridized carbons (Fsp3) is 0.333. The Bertz CT molecular complexity index is 711. The van der Waals surface area contributed by atoms with Gasteiger partial charge in [0.25, 0.3) is 0 Å². The van der Waals surface area contributed by atoms with E-state index in [2.05, 4.69) is 91.0 Å². The highest BCUT2D eigenvalue weighted by Crippen LogP contribution is 2.55. The van der Waals surface area contributed by atoms with E-state index in [1.165, 1.54) is 67.0 Å². The first-order chi connectivity index (χ1) is 14.4. The molecule has 0 aliphatic rings. The van der Waals surface area contributed by atoms with Crippen molar-refractivity contribution in [2.75, 3.05) is 12.7 Å². The van der Waals surface area contributed by atoms with Crippen LogP contribution in [0.2, 0.25) is 0 Å². The van der Waals surface area contributed by atoms with E-state index in [4.69, 9.17) is 5.73 Å². The molecule has 0 aliphatic carbocycles. The molecule has 3 rings (SSSR count). The van der Waals surface area contributed by atoms with Gasteiger partial charge in [-0.05, 0) is 62.2 Å². The third kappa shape index (κ3) is 6.51. The molecule has 0 radical (unpaired) electrons. The lowest BCUT2D eigenvalue weighted by atomic mass is 10.1. The van der Waals surface area contributed by atoms with Crippen molar-refractivity contribution < 1.29 is 17.0 Å². The number of nitrogens with two attached hydrogens (primary N) is 1. The third-order valence-electron chi connectivity index (χ3n) is 5.79. The van der Waals surface area contributed by atoms with Gasteiger partial charge in [0.2, 0.25) is 0 Å². The Morgan fingerprint density at radius 2 is 0.800 bits per heavy atom. The molecule has 3 aromatic carbocycles. The largest absolute Gasteiger partial charge is 1.00 e. The molecule has 160 valence electrons. The van der Waals surface area contributed by atoms with Crippen LogP contribution in [0.4, 0.5) is 0 Å². The topological polar surface area (TPSA) is 26.0 Å². The molecular formula is C27H35BrNP. The van der Waals surface area contributed by atoms with Crippen LogP contribution in [0.3, 0.4) is 0 Å². The highest BCUT2D eigenvalue weighted by molar-refractivity contribution is 7.95. The summed E-state index contributed by atoms with van der Waals surface area (Å²) in [4.78, 5) is 0. The molecule has 30 heavy (non-hydrogen) atoms. The van der Waals surface area contributed by atoms with Crippen LogP contribution in [0, 0.1) is 0 Å². The molecule has 0 saturated carbocycles. The lowest BCUT2D eigenvalue weighted by molar-refractivity contribution is -0.00000589. The predicted molar refractivity (Wildman–Crippen MR) is 131 cm³/mol. The number of rotatable bonds is 12. The van der Waals surface area contributed by atoms with Crippen molar-refractivity contribution in [3.8, 4) is 0 Å². The Morgan fingerprint density at radius 3 is 1.17 bits per heavy atom. The van der Waals surface area contributed by atoms with Gasteiger partial charge in [0.05, 0.1) is 6.16 Å². The molecule has 0 fully saturated rings. The summed E-state index contributed by atoms with van der Waals surface area (Å²) in [5.41, 5.74) is 5.61. The Morgan fingerprint density at radius 1 is 0.467 bits per heavy atom. The molecule has 0 heterocycles. The summed E-state index contributed by atoms with van der Waals surface area (Å²) >= 11 is 0. The summed E-state index contributed by atoms with van der Waals surface area (Å²) in [5.74, 6) is 0. The molecular weight excluding hydrogens is 449 g/mol. The van der Waals surface area contributed by atoms with Gasteiger partial charge in [-0.15, -0.1) is 0 Å². The molecule has 2 N–H and O–H groups in total. The molecule has 3 heteroatoms.